The van der Waals surface area contributed by atoms with E-state index in [0.717, 1.165) is 5.70 Å². The molecule has 0 aromatic carbocycles. The number of hydrogen-bond acceptors (Lipinski definition) is 1. The van der Waals surface area contributed by atoms with Crippen molar-refractivity contribution in [3.8, 4) is 0 Å². The van der Waals surface area contributed by atoms with Crippen LogP contribution in [0.15, 0.2) is 11.3 Å². The van der Waals surface area contributed by atoms with E-state index in [4.69, 9.17) is 5.73 Å². The van der Waals surface area contributed by atoms with Crippen LogP contribution in [0.2, 0.25) is 0 Å². The number of nitrogens with two attached hydrogens (primary N) is 1. The van der Waals surface area contributed by atoms with Crippen LogP contribution in [-0.4, -0.2) is 0 Å². The molecule has 0 aromatic heterocycles. The van der Waals surface area contributed by atoms with Gasteiger partial charge in [-0.15, -0.1) is 0 Å². The molecule has 0 aliphatic carbocycles. The maximum atomic E-state index is 5.78. The highest BCUT2D eigenvalue weighted by molar-refractivity contribution is 5.04. The van der Waals surface area contributed by atoms with Gasteiger partial charge in [-0.2, -0.15) is 0 Å². The minimum Gasteiger partial charge on any atom is -0.402 e. The van der Waals surface area contributed by atoms with Gasteiger partial charge in [0.2, 0.25) is 0 Å². The fraction of sp³-hybridized carbons (Fsp3) is 0.909. The molecule has 0 aromatic rings. The second kappa shape index (κ2) is 17.9. The molecule has 1 heteroatoms. The summed E-state index contributed by atoms with van der Waals surface area (Å²) in [7, 11) is 0. The molecule has 0 aliphatic heterocycles. The summed E-state index contributed by atoms with van der Waals surface area (Å²) in [5, 5.41) is 0. The van der Waals surface area contributed by atoms with Crippen LogP contribution in [0.4, 0.5) is 0 Å². The van der Waals surface area contributed by atoms with Crippen molar-refractivity contribution < 1.29 is 0 Å². The van der Waals surface area contributed by atoms with Gasteiger partial charge in [-0.1, -0.05) is 109 Å². The van der Waals surface area contributed by atoms with Crippen LogP contribution < -0.4 is 5.73 Å². The molecule has 0 amide bonds. The molecule has 0 bridgehead atoms. The summed E-state index contributed by atoms with van der Waals surface area (Å²) in [6.45, 7) is 6.48. The van der Waals surface area contributed by atoms with Crippen molar-refractivity contribution in [1.82, 2.24) is 0 Å². The SMILES string of the molecule is CCCCCCCCCCCCCCCCCCC(C)=C(C)N. The molecule has 2 N–H and O–H groups in total. The number of allylic oxidation sites excluding steroid dienone is 2. The molecule has 0 rings (SSSR count). The Kier molecular flexibility index (Phi) is 17.5. The Balaban J connectivity index is 3.07. The first-order valence-electron chi connectivity index (χ1n) is 10.6. The number of unbranched alkanes of at least 4 members (excludes halogenated alkanes) is 15. The quantitative estimate of drug-likeness (QED) is 0.270. The van der Waals surface area contributed by atoms with Gasteiger partial charge in [-0.25, -0.2) is 0 Å². The zero-order chi connectivity index (χ0) is 17.2. The third-order valence-electron chi connectivity index (χ3n) is 5.08. The first-order valence-corrected chi connectivity index (χ1v) is 10.6. The second-order valence-electron chi connectivity index (χ2n) is 7.52. The largest absolute Gasteiger partial charge is 0.402 e. The van der Waals surface area contributed by atoms with Gasteiger partial charge in [0, 0.05) is 5.70 Å². The molecule has 0 saturated carbocycles. The van der Waals surface area contributed by atoms with E-state index in [0.29, 0.717) is 0 Å². The summed E-state index contributed by atoms with van der Waals surface area (Å²) >= 11 is 0. The molecule has 23 heavy (non-hydrogen) atoms. The number of hydrogen-bond donors (Lipinski definition) is 1. The molecule has 0 spiro atoms. The molecule has 0 fully saturated rings. The molecule has 0 saturated heterocycles. The Hall–Kier alpha value is -0.460. The third-order valence-corrected chi connectivity index (χ3v) is 5.08. The van der Waals surface area contributed by atoms with Gasteiger partial charge in [0.15, 0.2) is 0 Å². The van der Waals surface area contributed by atoms with Crippen molar-refractivity contribution in [3.05, 3.63) is 11.3 Å². The molecule has 0 atom stereocenters. The van der Waals surface area contributed by atoms with Crippen molar-refractivity contribution in [2.24, 2.45) is 5.73 Å². The van der Waals surface area contributed by atoms with Crippen LogP contribution >= 0.6 is 0 Å². The van der Waals surface area contributed by atoms with E-state index < -0.39 is 0 Å². The van der Waals surface area contributed by atoms with E-state index in [9.17, 15) is 0 Å². The highest BCUT2D eigenvalue weighted by atomic mass is 14.6. The predicted molar refractivity (Wildman–Crippen MR) is 107 cm³/mol. The average molecular weight is 324 g/mol. The maximum Gasteiger partial charge on any atom is 0.00379 e. The van der Waals surface area contributed by atoms with Crippen molar-refractivity contribution in [2.75, 3.05) is 0 Å². The first kappa shape index (κ1) is 22.5. The van der Waals surface area contributed by atoms with E-state index in [-0.39, 0.29) is 0 Å². The Bertz CT molecular complexity index is 263. The Labute approximate surface area is 147 Å². The summed E-state index contributed by atoms with van der Waals surface area (Å²) < 4.78 is 0. The van der Waals surface area contributed by atoms with Gasteiger partial charge in [-0.3, -0.25) is 0 Å². The van der Waals surface area contributed by atoms with Gasteiger partial charge < -0.3 is 5.73 Å². The lowest BCUT2D eigenvalue weighted by molar-refractivity contribution is 0.529. The maximum absolute atomic E-state index is 5.78. The summed E-state index contributed by atoms with van der Waals surface area (Å²) in [5.41, 5.74) is 8.19. The smallest absolute Gasteiger partial charge is 0.00379 e. The summed E-state index contributed by atoms with van der Waals surface area (Å²) in [4.78, 5) is 0. The van der Waals surface area contributed by atoms with Gasteiger partial charge in [0.1, 0.15) is 0 Å². The fourth-order valence-electron chi connectivity index (χ4n) is 3.14. The number of rotatable bonds is 17. The van der Waals surface area contributed by atoms with Crippen molar-refractivity contribution in [2.45, 2.75) is 130 Å². The van der Waals surface area contributed by atoms with Crippen LogP contribution in [0.5, 0.6) is 0 Å². The van der Waals surface area contributed by atoms with E-state index >= 15 is 0 Å². The predicted octanol–water partition coefficient (Wildman–Crippen LogP) is 7.89. The lowest BCUT2D eigenvalue weighted by Crippen LogP contribution is -1.95. The lowest BCUT2D eigenvalue weighted by Gasteiger charge is -2.05. The van der Waals surface area contributed by atoms with Crippen molar-refractivity contribution >= 4 is 0 Å². The van der Waals surface area contributed by atoms with Gasteiger partial charge >= 0.3 is 0 Å². The van der Waals surface area contributed by atoms with Crippen LogP contribution in [0.3, 0.4) is 0 Å². The Morgan fingerprint density at radius 3 is 1.13 bits per heavy atom. The lowest BCUT2D eigenvalue weighted by atomic mass is 10.0. The monoisotopic (exact) mass is 323 g/mol. The minimum atomic E-state index is 1.02. The zero-order valence-electron chi connectivity index (χ0n) is 16.6. The fourth-order valence-corrected chi connectivity index (χ4v) is 3.14. The Morgan fingerprint density at radius 1 is 0.522 bits per heavy atom. The average Bonchev–Trinajstić information content (AvgIpc) is 2.54. The van der Waals surface area contributed by atoms with Crippen LogP contribution in [0.1, 0.15) is 130 Å². The van der Waals surface area contributed by atoms with E-state index in [2.05, 4.69) is 13.8 Å². The standard InChI is InChI=1S/C22H45N/c1-4-5-6-7-8-9-10-11-12-13-14-15-16-17-18-19-20-21(2)22(3)23/h4-20,23H2,1-3H3. The van der Waals surface area contributed by atoms with Gasteiger partial charge in [0.25, 0.3) is 0 Å². The highest BCUT2D eigenvalue weighted by Gasteiger charge is 1.96. The first-order chi connectivity index (χ1) is 11.2. The molecule has 0 unspecified atom stereocenters. The summed E-state index contributed by atoms with van der Waals surface area (Å²) in [6.07, 6.45) is 24.2. The highest BCUT2D eigenvalue weighted by Crippen LogP contribution is 2.15. The topological polar surface area (TPSA) is 26.0 Å². The van der Waals surface area contributed by atoms with Crippen LogP contribution in [0, 0.1) is 0 Å². The van der Waals surface area contributed by atoms with Crippen LogP contribution in [0.25, 0.3) is 0 Å². The van der Waals surface area contributed by atoms with Gasteiger partial charge in [0.05, 0.1) is 0 Å². The molecule has 1 nitrogen and oxygen atoms in total. The van der Waals surface area contributed by atoms with Crippen LogP contribution in [-0.2, 0) is 0 Å². The van der Waals surface area contributed by atoms with Crippen molar-refractivity contribution in [3.63, 3.8) is 0 Å². The molecule has 0 heterocycles. The molecule has 0 aliphatic rings. The zero-order valence-corrected chi connectivity index (χ0v) is 16.6. The molecular formula is C22H45N. The molecule has 0 radical (unpaired) electrons. The third kappa shape index (κ3) is 17.7. The van der Waals surface area contributed by atoms with E-state index in [1.807, 2.05) is 6.92 Å². The molecule has 138 valence electrons. The van der Waals surface area contributed by atoms with Crippen molar-refractivity contribution in [1.29, 1.82) is 0 Å². The van der Waals surface area contributed by atoms with E-state index in [1.165, 1.54) is 115 Å². The Morgan fingerprint density at radius 2 is 0.826 bits per heavy atom. The molecular weight excluding hydrogens is 278 g/mol. The second-order valence-corrected chi connectivity index (χ2v) is 7.52. The minimum absolute atomic E-state index is 1.02. The van der Waals surface area contributed by atoms with E-state index in [1.54, 1.807) is 0 Å². The van der Waals surface area contributed by atoms with Gasteiger partial charge in [-0.05, 0) is 26.7 Å². The summed E-state index contributed by atoms with van der Waals surface area (Å²) in [5.74, 6) is 0. The normalized spacial score (nSPS) is 12.5. The summed E-state index contributed by atoms with van der Waals surface area (Å²) in [6, 6.07) is 0.